The highest BCUT2D eigenvalue weighted by molar-refractivity contribution is 7.99. The molecule has 2 aromatic rings. The first kappa shape index (κ1) is 24.2. The van der Waals surface area contributed by atoms with Gasteiger partial charge in [0.25, 0.3) is 5.91 Å². The maximum absolute atomic E-state index is 12.9. The van der Waals surface area contributed by atoms with Gasteiger partial charge >= 0.3 is 0 Å². The Bertz CT molecular complexity index is 880. The predicted molar refractivity (Wildman–Crippen MR) is 136 cm³/mol. The predicted octanol–water partition coefficient (Wildman–Crippen LogP) is 4.98. The van der Waals surface area contributed by atoms with Crippen LogP contribution in [0.2, 0.25) is 0 Å². The highest BCUT2D eigenvalue weighted by Crippen LogP contribution is 2.30. The monoisotopic (exact) mass is 453 g/mol. The molecule has 32 heavy (non-hydrogen) atoms. The molecule has 6 heteroatoms. The van der Waals surface area contributed by atoms with E-state index in [0.29, 0.717) is 29.5 Å². The average molecular weight is 454 g/mol. The second-order valence-electron chi connectivity index (χ2n) is 8.29. The lowest BCUT2D eigenvalue weighted by molar-refractivity contribution is -0.113. The van der Waals surface area contributed by atoms with Gasteiger partial charge in [0.1, 0.15) is 0 Å². The minimum atomic E-state index is -0.0766. The molecule has 0 aliphatic carbocycles. The Labute approximate surface area is 196 Å². The highest BCUT2D eigenvalue weighted by Gasteiger charge is 2.23. The lowest BCUT2D eigenvalue weighted by atomic mass is 9.89. The SMILES string of the molecule is CCCNC(=O)c1cc(NC(=O)CSCC)ccc1N1CCC(Cc2ccccc2)CC1. The summed E-state index contributed by atoms with van der Waals surface area (Å²) in [6.07, 6.45) is 4.21. The van der Waals surface area contributed by atoms with Crippen LogP contribution in [0.3, 0.4) is 0 Å². The molecule has 0 saturated carbocycles. The fraction of sp³-hybridized carbons (Fsp3) is 0.462. The number of rotatable bonds is 10. The number of piperidine rings is 1. The molecule has 0 radical (unpaired) electrons. The normalized spacial score (nSPS) is 14.2. The second-order valence-corrected chi connectivity index (χ2v) is 9.57. The smallest absolute Gasteiger partial charge is 0.253 e. The van der Waals surface area contributed by atoms with E-state index in [-0.39, 0.29) is 11.8 Å². The summed E-state index contributed by atoms with van der Waals surface area (Å²) in [7, 11) is 0. The molecule has 1 fully saturated rings. The van der Waals surface area contributed by atoms with Gasteiger partial charge in [-0.05, 0) is 61.1 Å². The molecule has 2 amide bonds. The van der Waals surface area contributed by atoms with E-state index in [4.69, 9.17) is 0 Å². The van der Waals surface area contributed by atoms with Crippen LogP contribution in [0.1, 0.15) is 49.0 Å². The van der Waals surface area contributed by atoms with Crippen LogP contribution in [0.25, 0.3) is 0 Å². The molecular weight excluding hydrogens is 418 g/mol. The summed E-state index contributed by atoms with van der Waals surface area (Å²) in [5, 5.41) is 5.94. The number of anilines is 2. The molecule has 2 aromatic carbocycles. The summed E-state index contributed by atoms with van der Waals surface area (Å²) in [4.78, 5) is 27.4. The first-order valence-corrected chi connectivity index (χ1v) is 12.8. The largest absolute Gasteiger partial charge is 0.371 e. The van der Waals surface area contributed by atoms with Gasteiger partial charge < -0.3 is 15.5 Å². The van der Waals surface area contributed by atoms with Gasteiger partial charge in [-0.25, -0.2) is 0 Å². The van der Waals surface area contributed by atoms with E-state index in [9.17, 15) is 9.59 Å². The molecule has 1 aliphatic rings. The lowest BCUT2D eigenvalue weighted by Crippen LogP contribution is -2.36. The van der Waals surface area contributed by atoms with E-state index in [1.165, 1.54) is 5.56 Å². The number of hydrogen-bond donors (Lipinski definition) is 2. The van der Waals surface area contributed by atoms with Gasteiger partial charge in [0, 0.05) is 31.0 Å². The Hall–Kier alpha value is -2.47. The first-order chi connectivity index (χ1) is 15.6. The first-order valence-electron chi connectivity index (χ1n) is 11.7. The van der Waals surface area contributed by atoms with E-state index in [1.54, 1.807) is 11.8 Å². The van der Waals surface area contributed by atoms with Crippen molar-refractivity contribution in [3.8, 4) is 0 Å². The third-order valence-electron chi connectivity index (χ3n) is 5.82. The Morgan fingerprint density at radius 2 is 1.81 bits per heavy atom. The summed E-state index contributed by atoms with van der Waals surface area (Å²) in [5.74, 6) is 1.88. The van der Waals surface area contributed by atoms with Crippen LogP contribution in [0.5, 0.6) is 0 Å². The minimum absolute atomic E-state index is 0.0359. The fourth-order valence-corrected chi connectivity index (χ4v) is 4.58. The van der Waals surface area contributed by atoms with E-state index < -0.39 is 0 Å². The molecule has 0 spiro atoms. The second kappa shape index (κ2) is 12.5. The fourth-order valence-electron chi connectivity index (χ4n) is 4.12. The zero-order valence-corrected chi connectivity index (χ0v) is 20.0. The van der Waals surface area contributed by atoms with Gasteiger partial charge in [-0.3, -0.25) is 9.59 Å². The van der Waals surface area contributed by atoms with Gasteiger partial charge in [0.2, 0.25) is 5.91 Å². The maximum Gasteiger partial charge on any atom is 0.253 e. The molecule has 1 saturated heterocycles. The molecular formula is C26H35N3O2S. The van der Waals surface area contributed by atoms with Crippen molar-refractivity contribution in [3.05, 3.63) is 59.7 Å². The van der Waals surface area contributed by atoms with Crippen LogP contribution in [-0.4, -0.2) is 43.0 Å². The van der Waals surface area contributed by atoms with Crippen LogP contribution in [0.15, 0.2) is 48.5 Å². The number of amides is 2. The number of carbonyl (C=O) groups excluding carboxylic acids is 2. The van der Waals surface area contributed by atoms with Gasteiger partial charge in [0.15, 0.2) is 0 Å². The van der Waals surface area contributed by atoms with Crippen LogP contribution >= 0.6 is 11.8 Å². The minimum Gasteiger partial charge on any atom is -0.371 e. The summed E-state index contributed by atoms with van der Waals surface area (Å²) in [6, 6.07) is 16.4. The van der Waals surface area contributed by atoms with Gasteiger partial charge in [-0.1, -0.05) is 44.2 Å². The summed E-state index contributed by atoms with van der Waals surface area (Å²) < 4.78 is 0. The number of carbonyl (C=O) groups is 2. The lowest BCUT2D eigenvalue weighted by Gasteiger charge is -2.35. The van der Waals surface area contributed by atoms with Gasteiger partial charge in [0.05, 0.1) is 11.3 Å². The Morgan fingerprint density at radius 3 is 2.50 bits per heavy atom. The maximum atomic E-state index is 12.9. The Morgan fingerprint density at radius 1 is 1.06 bits per heavy atom. The number of hydrogen-bond acceptors (Lipinski definition) is 4. The highest BCUT2D eigenvalue weighted by atomic mass is 32.2. The summed E-state index contributed by atoms with van der Waals surface area (Å²) in [6.45, 7) is 6.59. The number of thioether (sulfide) groups is 1. The van der Waals surface area contributed by atoms with E-state index in [2.05, 4.69) is 45.9 Å². The molecule has 3 rings (SSSR count). The zero-order chi connectivity index (χ0) is 22.8. The Balaban J connectivity index is 1.70. The number of nitrogens with one attached hydrogen (secondary N) is 2. The average Bonchev–Trinajstić information content (AvgIpc) is 2.82. The molecule has 1 aliphatic heterocycles. The molecule has 2 N–H and O–H groups in total. The van der Waals surface area contributed by atoms with Crippen LogP contribution in [0, 0.1) is 5.92 Å². The Kier molecular flexibility index (Phi) is 9.47. The van der Waals surface area contributed by atoms with Crippen LogP contribution < -0.4 is 15.5 Å². The van der Waals surface area contributed by atoms with Gasteiger partial charge in [-0.15, -0.1) is 0 Å². The van der Waals surface area contributed by atoms with Crippen molar-refractivity contribution in [3.63, 3.8) is 0 Å². The molecule has 172 valence electrons. The van der Waals surface area contributed by atoms with Crippen molar-refractivity contribution in [2.45, 2.75) is 39.5 Å². The third-order valence-corrected chi connectivity index (χ3v) is 6.69. The van der Waals surface area contributed by atoms with Gasteiger partial charge in [-0.2, -0.15) is 11.8 Å². The van der Waals surface area contributed by atoms with Crippen molar-refractivity contribution in [1.29, 1.82) is 0 Å². The van der Waals surface area contributed by atoms with Crippen molar-refractivity contribution in [1.82, 2.24) is 5.32 Å². The molecule has 1 heterocycles. The van der Waals surface area contributed by atoms with Crippen LogP contribution in [0.4, 0.5) is 11.4 Å². The topological polar surface area (TPSA) is 61.4 Å². The summed E-state index contributed by atoms with van der Waals surface area (Å²) >= 11 is 1.58. The van der Waals surface area contributed by atoms with E-state index >= 15 is 0 Å². The van der Waals surface area contributed by atoms with Crippen molar-refractivity contribution < 1.29 is 9.59 Å². The number of nitrogens with zero attached hydrogens (tertiary/aromatic N) is 1. The molecule has 5 nitrogen and oxygen atoms in total. The van der Waals surface area contributed by atoms with Crippen molar-refractivity contribution >= 4 is 35.0 Å². The third kappa shape index (κ3) is 7.02. The molecule has 0 atom stereocenters. The van der Waals surface area contributed by atoms with Crippen molar-refractivity contribution in [2.75, 3.05) is 41.4 Å². The van der Waals surface area contributed by atoms with E-state index in [0.717, 1.165) is 50.2 Å². The quantitative estimate of drug-likeness (QED) is 0.533. The van der Waals surface area contributed by atoms with Crippen LogP contribution in [-0.2, 0) is 11.2 Å². The molecule has 0 aromatic heterocycles. The van der Waals surface area contributed by atoms with E-state index in [1.807, 2.05) is 32.0 Å². The molecule has 0 unspecified atom stereocenters. The zero-order valence-electron chi connectivity index (χ0n) is 19.2. The standard InChI is InChI=1S/C26H35N3O2S/c1-3-14-27-26(31)23-18-22(28-25(30)19-32-4-2)10-11-24(23)29-15-12-21(13-16-29)17-20-8-6-5-7-9-20/h5-11,18,21H,3-4,12-17,19H2,1-2H3,(H,27,31)(H,28,30). The molecule has 0 bridgehead atoms. The van der Waals surface area contributed by atoms with Crippen molar-refractivity contribution in [2.24, 2.45) is 5.92 Å². The number of benzene rings is 2. The summed E-state index contributed by atoms with van der Waals surface area (Å²) in [5.41, 5.74) is 3.67.